The van der Waals surface area contributed by atoms with Gasteiger partial charge in [0.25, 0.3) is 0 Å². The van der Waals surface area contributed by atoms with Gasteiger partial charge >= 0.3 is 0 Å². The highest BCUT2D eigenvalue weighted by molar-refractivity contribution is 7.11. The average molecular weight is 372 g/mol. The largest absolute Gasteiger partial charge is 0.368 e. The maximum Gasteiger partial charge on any atom is 0.194 e. The predicted octanol–water partition coefficient (Wildman–Crippen LogP) is 3.27. The van der Waals surface area contributed by atoms with E-state index in [9.17, 15) is 0 Å². The Hall–Kier alpha value is -2.08. The molecule has 0 radical (unpaired) electrons. The molecule has 0 amide bonds. The summed E-state index contributed by atoms with van der Waals surface area (Å²) in [5.74, 6) is 0.982. The molecule has 0 saturated carbocycles. The number of guanidine groups is 1. The van der Waals surface area contributed by atoms with E-state index in [1.165, 1.54) is 21.7 Å². The normalized spacial score (nSPS) is 15.5. The van der Waals surface area contributed by atoms with E-state index in [2.05, 4.69) is 71.0 Å². The third kappa shape index (κ3) is 4.01. The second-order valence-electron chi connectivity index (χ2n) is 6.84. The number of benzene rings is 1. The van der Waals surface area contributed by atoms with Crippen LogP contribution in [-0.2, 0) is 6.54 Å². The summed E-state index contributed by atoms with van der Waals surface area (Å²) >= 11 is 1.76. The second kappa shape index (κ2) is 8.08. The monoisotopic (exact) mass is 371 g/mol. The molecule has 0 spiro atoms. The first kappa shape index (κ1) is 18.7. The van der Waals surface area contributed by atoms with Gasteiger partial charge in [-0.1, -0.05) is 12.1 Å². The van der Waals surface area contributed by atoms with Crippen molar-refractivity contribution in [3.63, 3.8) is 0 Å². The van der Waals surface area contributed by atoms with Gasteiger partial charge in [-0.05, 0) is 44.9 Å². The molecule has 1 aromatic heterocycles. The van der Waals surface area contributed by atoms with Crippen LogP contribution in [0.4, 0.5) is 5.69 Å². The summed E-state index contributed by atoms with van der Waals surface area (Å²) in [5.41, 5.74) is 5.23. The fourth-order valence-electron chi connectivity index (χ4n) is 3.47. The smallest absolute Gasteiger partial charge is 0.194 e. The number of piperazine rings is 1. The lowest BCUT2D eigenvalue weighted by molar-refractivity contribution is 0.372. The zero-order valence-corrected chi connectivity index (χ0v) is 17.3. The Kier molecular flexibility index (Phi) is 5.81. The van der Waals surface area contributed by atoms with Crippen molar-refractivity contribution in [1.29, 1.82) is 0 Å². The Morgan fingerprint density at radius 3 is 2.50 bits per heavy atom. The van der Waals surface area contributed by atoms with Crippen molar-refractivity contribution in [2.24, 2.45) is 4.99 Å². The van der Waals surface area contributed by atoms with Gasteiger partial charge in [-0.3, -0.25) is 4.99 Å². The van der Waals surface area contributed by atoms with Crippen LogP contribution in [0.2, 0.25) is 0 Å². The summed E-state index contributed by atoms with van der Waals surface area (Å²) in [5, 5.41) is 4.63. The van der Waals surface area contributed by atoms with Crippen molar-refractivity contribution < 1.29 is 0 Å². The van der Waals surface area contributed by atoms with Crippen molar-refractivity contribution in [2.45, 2.75) is 34.2 Å². The molecule has 0 aliphatic carbocycles. The van der Waals surface area contributed by atoms with E-state index in [4.69, 9.17) is 0 Å². The molecular weight excluding hydrogens is 342 g/mol. The summed E-state index contributed by atoms with van der Waals surface area (Å²) < 4.78 is 0. The minimum atomic E-state index is 0.793. The summed E-state index contributed by atoms with van der Waals surface area (Å²) in [6, 6.07) is 6.58. The average Bonchev–Trinajstić information content (AvgIpc) is 2.96. The van der Waals surface area contributed by atoms with Crippen molar-refractivity contribution in [1.82, 2.24) is 15.2 Å². The Bertz CT molecular complexity index is 787. The highest BCUT2D eigenvalue weighted by Crippen LogP contribution is 2.24. The summed E-state index contributed by atoms with van der Waals surface area (Å²) in [4.78, 5) is 15.1. The molecule has 1 aromatic carbocycles. The zero-order chi connectivity index (χ0) is 18.7. The first-order valence-electron chi connectivity index (χ1n) is 9.19. The molecule has 1 N–H and O–H groups in total. The van der Waals surface area contributed by atoms with E-state index in [-0.39, 0.29) is 0 Å². The molecule has 1 saturated heterocycles. The molecule has 5 nitrogen and oxygen atoms in total. The standard InChI is InChI=1S/C20H29N5S/c1-14-7-6-8-18(15(14)2)24-9-11-25(12-10-24)20(21-5)22-13-19-16(3)23-17(4)26-19/h6-8H,9-13H2,1-5H3,(H,21,22). The molecule has 0 unspecified atom stereocenters. The van der Waals surface area contributed by atoms with Crippen LogP contribution in [0.25, 0.3) is 0 Å². The van der Waals surface area contributed by atoms with Gasteiger partial charge in [0.15, 0.2) is 5.96 Å². The maximum absolute atomic E-state index is 4.50. The van der Waals surface area contributed by atoms with Crippen LogP contribution in [0.5, 0.6) is 0 Å². The molecular formula is C20H29N5S. The number of aryl methyl sites for hydroxylation is 3. The van der Waals surface area contributed by atoms with E-state index >= 15 is 0 Å². The molecule has 2 aromatic rings. The van der Waals surface area contributed by atoms with Gasteiger partial charge in [-0.2, -0.15) is 0 Å². The maximum atomic E-state index is 4.50. The quantitative estimate of drug-likeness (QED) is 0.664. The van der Waals surface area contributed by atoms with Crippen molar-refractivity contribution in [3.05, 3.63) is 44.9 Å². The fourth-order valence-corrected chi connectivity index (χ4v) is 4.34. The van der Waals surface area contributed by atoms with Gasteiger partial charge < -0.3 is 15.1 Å². The molecule has 2 heterocycles. The third-order valence-electron chi connectivity index (χ3n) is 5.11. The fraction of sp³-hybridized carbons (Fsp3) is 0.500. The Labute approximate surface area is 160 Å². The number of hydrogen-bond donors (Lipinski definition) is 1. The molecule has 0 atom stereocenters. The lowest BCUT2D eigenvalue weighted by atomic mass is 10.1. The molecule has 6 heteroatoms. The number of nitrogens with zero attached hydrogens (tertiary/aromatic N) is 4. The third-order valence-corrected chi connectivity index (χ3v) is 6.19. The van der Waals surface area contributed by atoms with Crippen LogP contribution in [-0.4, -0.2) is 49.1 Å². The van der Waals surface area contributed by atoms with Crippen LogP contribution >= 0.6 is 11.3 Å². The van der Waals surface area contributed by atoms with E-state index in [1.807, 2.05) is 7.05 Å². The Morgan fingerprint density at radius 2 is 1.88 bits per heavy atom. The SMILES string of the molecule is CN=C(NCc1sc(C)nc1C)N1CCN(c2cccc(C)c2C)CC1. The number of thiazole rings is 1. The van der Waals surface area contributed by atoms with Crippen molar-refractivity contribution >= 4 is 23.0 Å². The summed E-state index contributed by atoms with van der Waals surface area (Å²) in [6.45, 7) is 13.3. The first-order chi connectivity index (χ1) is 12.5. The Balaban J connectivity index is 1.59. The number of aromatic nitrogens is 1. The molecule has 0 bridgehead atoms. The summed E-state index contributed by atoms with van der Waals surface area (Å²) in [6.07, 6.45) is 0. The highest BCUT2D eigenvalue weighted by Gasteiger charge is 2.21. The van der Waals surface area contributed by atoms with Crippen LogP contribution in [0.3, 0.4) is 0 Å². The van der Waals surface area contributed by atoms with Crippen molar-refractivity contribution in [2.75, 3.05) is 38.1 Å². The first-order valence-corrected chi connectivity index (χ1v) is 10.0. The lowest BCUT2D eigenvalue weighted by Gasteiger charge is -2.38. The number of anilines is 1. The number of aliphatic imine (C=N–C) groups is 1. The molecule has 1 aliphatic heterocycles. The molecule has 3 rings (SSSR count). The second-order valence-corrected chi connectivity index (χ2v) is 8.12. The minimum Gasteiger partial charge on any atom is -0.368 e. The predicted molar refractivity (Wildman–Crippen MR) is 111 cm³/mol. The molecule has 26 heavy (non-hydrogen) atoms. The molecule has 1 aliphatic rings. The van der Waals surface area contributed by atoms with Gasteiger partial charge in [-0.15, -0.1) is 11.3 Å². The van der Waals surface area contributed by atoms with E-state index in [0.717, 1.165) is 49.4 Å². The van der Waals surface area contributed by atoms with E-state index < -0.39 is 0 Å². The zero-order valence-electron chi connectivity index (χ0n) is 16.5. The topological polar surface area (TPSA) is 43.8 Å². The molecule has 140 valence electrons. The van der Waals surface area contributed by atoms with Gasteiger partial charge in [0.2, 0.25) is 0 Å². The van der Waals surface area contributed by atoms with E-state index in [0.29, 0.717) is 0 Å². The van der Waals surface area contributed by atoms with Gasteiger partial charge in [0.1, 0.15) is 0 Å². The number of nitrogens with one attached hydrogen (secondary N) is 1. The molecule has 1 fully saturated rings. The van der Waals surface area contributed by atoms with Crippen LogP contribution < -0.4 is 10.2 Å². The minimum absolute atomic E-state index is 0.793. The summed E-state index contributed by atoms with van der Waals surface area (Å²) in [7, 11) is 1.87. The number of rotatable bonds is 3. The van der Waals surface area contributed by atoms with Crippen molar-refractivity contribution in [3.8, 4) is 0 Å². The van der Waals surface area contributed by atoms with E-state index in [1.54, 1.807) is 11.3 Å². The van der Waals surface area contributed by atoms with Gasteiger partial charge in [-0.25, -0.2) is 4.98 Å². The highest BCUT2D eigenvalue weighted by atomic mass is 32.1. The van der Waals surface area contributed by atoms with Crippen LogP contribution in [0.15, 0.2) is 23.2 Å². The Morgan fingerprint density at radius 1 is 1.15 bits per heavy atom. The van der Waals surface area contributed by atoms with Crippen LogP contribution in [0.1, 0.15) is 26.7 Å². The number of hydrogen-bond acceptors (Lipinski definition) is 4. The lowest BCUT2D eigenvalue weighted by Crippen LogP contribution is -2.52. The van der Waals surface area contributed by atoms with Gasteiger partial charge in [0, 0.05) is 43.8 Å². The van der Waals surface area contributed by atoms with Crippen LogP contribution in [0, 0.1) is 27.7 Å². The van der Waals surface area contributed by atoms with Gasteiger partial charge in [0.05, 0.1) is 17.2 Å².